The van der Waals surface area contributed by atoms with Crippen molar-refractivity contribution in [2.24, 2.45) is 0 Å². The van der Waals surface area contributed by atoms with E-state index in [1.165, 1.54) is 11.0 Å². The number of halogens is 2. The van der Waals surface area contributed by atoms with Crippen molar-refractivity contribution >= 4 is 40.2 Å². The molecule has 0 saturated heterocycles. The standard InChI is InChI=1S/C27H27ClFN5O4/c1-17-31-24(38-33-17)12-11-21(34(2)25(35)13-10-18-8-5-9-22(29)26(18)28)16-37-27(36)32-23-14-19-6-3-4-7-20(19)15-30-23/h3-9,14-15,21H,10-13,16H2,1-2H3,(H,30,32,36)/t21-/m0/s1. The zero-order valence-corrected chi connectivity index (χ0v) is 21.7. The van der Waals surface area contributed by atoms with E-state index in [4.69, 9.17) is 20.9 Å². The molecule has 2 amide bonds. The highest BCUT2D eigenvalue weighted by Gasteiger charge is 2.23. The number of likely N-dealkylation sites (N-methyl/N-ethyl adjacent to an activating group) is 1. The maximum absolute atomic E-state index is 13.8. The van der Waals surface area contributed by atoms with Crippen LogP contribution in [0.3, 0.4) is 0 Å². The van der Waals surface area contributed by atoms with Crippen molar-refractivity contribution in [2.75, 3.05) is 19.0 Å². The summed E-state index contributed by atoms with van der Waals surface area (Å²) in [6.07, 6.45) is 2.13. The molecule has 0 fully saturated rings. The molecule has 38 heavy (non-hydrogen) atoms. The number of pyridine rings is 1. The number of fused-ring (bicyclic) bond motifs is 1. The number of amides is 2. The molecule has 0 bridgehead atoms. The van der Waals surface area contributed by atoms with Crippen LogP contribution in [0.5, 0.6) is 0 Å². The lowest BCUT2D eigenvalue weighted by atomic mass is 10.1. The molecule has 0 spiro atoms. The Morgan fingerprint density at radius 2 is 1.95 bits per heavy atom. The summed E-state index contributed by atoms with van der Waals surface area (Å²) in [6.45, 7) is 1.64. The first-order chi connectivity index (χ1) is 18.3. The van der Waals surface area contributed by atoms with Gasteiger partial charge in [0.1, 0.15) is 18.2 Å². The van der Waals surface area contributed by atoms with Crippen LogP contribution >= 0.6 is 11.6 Å². The molecule has 2 aromatic heterocycles. The van der Waals surface area contributed by atoms with Gasteiger partial charge in [0, 0.05) is 31.5 Å². The molecular weight excluding hydrogens is 513 g/mol. The highest BCUT2D eigenvalue weighted by molar-refractivity contribution is 6.31. The summed E-state index contributed by atoms with van der Waals surface area (Å²) < 4.78 is 24.4. The third-order valence-corrected chi connectivity index (χ3v) is 6.53. The molecule has 0 aliphatic carbocycles. The largest absolute Gasteiger partial charge is 0.447 e. The molecule has 4 rings (SSSR count). The molecular formula is C27H27ClFN5O4. The molecule has 0 aliphatic heterocycles. The van der Waals surface area contributed by atoms with Gasteiger partial charge in [-0.2, -0.15) is 4.98 Å². The second-order valence-electron chi connectivity index (χ2n) is 8.79. The highest BCUT2D eigenvalue weighted by Crippen LogP contribution is 2.22. The first-order valence-electron chi connectivity index (χ1n) is 12.1. The van der Waals surface area contributed by atoms with Gasteiger partial charge in [-0.15, -0.1) is 0 Å². The number of hydrogen-bond donors (Lipinski definition) is 1. The van der Waals surface area contributed by atoms with Gasteiger partial charge in [-0.05, 0) is 42.8 Å². The van der Waals surface area contributed by atoms with Crippen LogP contribution in [-0.4, -0.2) is 51.7 Å². The Balaban J connectivity index is 1.38. The molecule has 1 N–H and O–H groups in total. The lowest BCUT2D eigenvalue weighted by Crippen LogP contribution is -2.41. The van der Waals surface area contributed by atoms with Crippen LogP contribution in [0, 0.1) is 12.7 Å². The molecule has 9 nitrogen and oxygen atoms in total. The molecule has 2 aromatic carbocycles. The summed E-state index contributed by atoms with van der Waals surface area (Å²) in [6, 6.07) is 13.4. The first kappa shape index (κ1) is 27.0. The lowest BCUT2D eigenvalue weighted by Gasteiger charge is -2.28. The summed E-state index contributed by atoms with van der Waals surface area (Å²) in [5.41, 5.74) is 0.546. The Bertz CT molecular complexity index is 1430. The zero-order valence-electron chi connectivity index (χ0n) is 21.0. The summed E-state index contributed by atoms with van der Waals surface area (Å²) in [4.78, 5) is 35.5. The number of carbonyl (C=O) groups excluding carboxylic acids is 2. The molecule has 0 saturated carbocycles. The van der Waals surface area contributed by atoms with Crippen LogP contribution in [0.25, 0.3) is 10.8 Å². The quantitative estimate of drug-likeness (QED) is 0.289. The van der Waals surface area contributed by atoms with Gasteiger partial charge in [-0.25, -0.2) is 14.2 Å². The van der Waals surface area contributed by atoms with E-state index in [-0.39, 0.29) is 30.4 Å². The number of ether oxygens (including phenoxy) is 1. The van der Waals surface area contributed by atoms with E-state index in [0.29, 0.717) is 35.9 Å². The van der Waals surface area contributed by atoms with Crippen molar-refractivity contribution < 1.29 is 23.2 Å². The van der Waals surface area contributed by atoms with Crippen LogP contribution in [0.15, 0.2) is 59.3 Å². The SMILES string of the molecule is Cc1noc(CC[C@@H](COC(=O)Nc2cc3ccccc3cn2)N(C)C(=O)CCc2cccc(F)c2Cl)n1. The van der Waals surface area contributed by atoms with E-state index in [1.54, 1.807) is 38.4 Å². The normalized spacial score (nSPS) is 11.8. The fraction of sp³-hybridized carbons (Fsp3) is 0.296. The third kappa shape index (κ3) is 7.04. The number of aromatic nitrogens is 3. The zero-order chi connectivity index (χ0) is 27.1. The van der Waals surface area contributed by atoms with E-state index in [2.05, 4.69) is 20.4 Å². The predicted molar refractivity (Wildman–Crippen MR) is 140 cm³/mol. The van der Waals surface area contributed by atoms with Gasteiger partial charge in [0.25, 0.3) is 0 Å². The average molecular weight is 540 g/mol. The number of benzene rings is 2. The van der Waals surface area contributed by atoms with Crippen molar-refractivity contribution in [1.29, 1.82) is 0 Å². The van der Waals surface area contributed by atoms with Gasteiger partial charge < -0.3 is 14.2 Å². The van der Waals surface area contributed by atoms with Gasteiger partial charge in [-0.1, -0.05) is 53.2 Å². The number of nitrogens with zero attached hydrogens (tertiary/aromatic N) is 4. The fourth-order valence-electron chi connectivity index (χ4n) is 3.95. The second kappa shape index (κ2) is 12.5. The Kier molecular flexibility index (Phi) is 8.85. The van der Waals surface area contributed by atoms with Crippen LogP contribution in [0.4, 0.5) is 15.0 Å². The summed E-state index contributed by atoms with van der Waals surface area (Å²) in [5, 5.41) is 8.29. The highest BCUT2D eigenvalue weighted by atomic mass is 35.5. The summed E-state index contributed by atoms with van der Waals surface area (Å²) >= 11 is 6.03. The molecule has 0 unspecified atom stereocenters. The van der Waals surface area contributed by atoms with Gasteiger partial charge >= 0.3 is 6.09 Å². The molecule has 4 aromatic rings. The van der Waals surface area contributed by atoms with Gasteiger partial charge in [-0.3, -0.25) is 10.1 Å². The maximum Gasteiger partial charge on any atom is 0.412 e. The van der Waals surface area contributed by atoms with Crippen molar-refractivity contribution in [3.05, 3.63) is 82.8 Å². The van der Waals surface area contributed by atoms with Gasteiger partial charge in [0.05, 0.1) is 11.1 Å². The number of nitrogens with one attached hydrogen (secondary N) is 1. The van der Waals surface area contributed by atoms with Gasteiger partial charge in [0.15, 0.2) is 5.82 Å². The maximum atomic E-state index is 13.8. The molecule has 1 atom stereocenters. The Morgan fingerprint density at radius 1 is 1.16 bits per heavy atom. The average Bonchev–Trinajstić information content (AvgIpc) is 3.33. The number of aryl methyl sites for hydroxylation is 3. The van der Waals surface area contributed by atoms with E-state index in [0.717, 1.165) is 10.8 Å². The van der Waals surface area contributed by atoms with E-state index >= 15 is 0 Å². The lowest BCUT2D eigenvalue weighted by molar-refractivity contribution is -0.132. The van der Waals surface area contributed by atoms with E-state index in [1.807, 2.05) is 24.3 Å². The van der Waals surface area contributed by atoms with Crippen molar-refractivity contribution in [1.82, 2.24) is 20.0 Å². The van der Waals surface area contributed by atoms with Crippen LogP contribution in [0.1, 0.15) is 30.1 Å². The first-order valence-corrected chi connectivity index (χ1v) is 12.4. The Labute approximate surface area is 223 Å². The Hall–Kier alpha value is -4.05. The molecule has 11 heteroatoms. The number of rotatable bonds is 10. The number of carbonyl (C=O) groups is 2. The van der Waals surface area contributed by atoms with Crippen LogP contribution in [-0.2, 0) is 22.4 Å². The molecule has 0 aliphatic rings. The van der Waals surface area contributed by atoms with Crippen LogP contribution in [0.2, 0.25) is 5.02 Å². The monoisotopic (exact) mass is 539 g/mol. The minimum Gasteiger partial charge on any atom is -0.447 e. The summed E-state index contributed by atoms with van der Waals surface area (Å²) in [5.74, 6) is 0.536. The fourth-order valence-corrected chi connectivity index (χ4v) is 4.17. The molecule has 198 valence electrons. The topological polar surface area (TPSA) is 110 Å². The predicted octanol–water partition coefficient (Wildman–Crippen LogP) is 5.36. The van der Waals surface area contributed by atoms with Crippen molar-refractivity contribution in [3.8, 4) is 0 Å². The molecule has 2 heterocycles. The number of anilines is 1. The second-order valence-corrected chi connectivity index (χ2v) is 9.16. The summed E-state index contributed by atoms with van der Waals surface area (Å²) in [7, 11) is 1.63. The molecule has 0 radical (unpaired) electrons. The number of hydrogen-bond acceptors (Lipinski definition) is 7. The minimum absolute atomic E-state index is 0.00794. The third-order valence-electron chi connectivity index (χ3n) is 6.11. The van der Waals surface area contributed by atoms with Gasteiger partial charge in [0.2, 0.25) is 11.8 Å². The van der Waals surface area contributed by atoms with E-state index in [9.17, 15) is 14.0 Å². The van der Waals surface area contributed by atoms with Crippen molar-refractivity contribution in [2.45, 2.75) is 38.6 Å². The Morgan fingerprint density at radius 3 is 2.71 bits per heavy atom. The van der Waals surface area contributed by atoms with Crippen LogP contribution < -0.4 is 5.32 Å². The smallest absolute Gasteiger partial charge is 0.412 e. The minimum atomic E-state index is -0.696. The van der Waals surface area contributed by atoms with Crippen molar-refractivity contribution in [3.63, 3.8) is 0 Å². The van der Waals surface area contributed by atoms with E-state index < -0.39 is 18.0 Å².